The molecular weight excluding hydrogens is 364 g/mol. The molecule has 1 fully saturated rings. The molecule has 1 saturated heterocycles. The van der Waals surface area contributed by atoms with Crippen LogP contribution in [0.2, 0.25) is 5.02 Å². The van der Waals surface area contributed by atoms with Gasteiger partial charge in [0.25, 0.3) is 5.91 Å². The van der Waals surface area contributed by atoms with Crippen LogP contribution in [0.3, 0.4) is 0 Å². The molecule has 1 aliphatic heterocycles. The number of likely N-dealkylation sites (tertiary alicyclic amines) is 1. The van der Waals surface area contributed by atoms with Gasteiger partial charge in [0.05, 0.1) is 10.6 Å². The van der Waals surface area contributed by atoms with Crippen molar-refractivity contribution in [3.63, 3.8) is 0 Å². The van der Waals surface area contributed by atoms with Gasteiger partial charge in [-0.3, -0.25) is 4.79 Å². The molecule has 1 amide bonds. The molecule has 1 atom stereocenters. The van der Waals surface area contributed by atoms with Crippen molar-refractivity contribution >= 4 is 33.4 Å². The molecule has 0 bridgehead atoms. The Hall–Kier alpha value is -0.580. The van der Waals surface area contributed by atoms with E-state index in [0.717, 1.165) is 29.8 Å². The van der Waals surface area contributed by atoms with Crippen LogP contribution in [0, 0.1) is 5.92 Å². The molecule has 22 heavy (non-hydrogen) atoms. The molecule has 1 N–H and O–H groups in total. The lowest BCUT2D eigenvalue weighted by Gasteiger charge is -2.30. The van der Waals surface area contributed by atoms with Gasteiger partial charge in [0, 0.05) is 17.6 Å². The Morgan fingerprint density at radius 2 is 2.27 bits per heavy atom. The molecule has 3 nitrogen and oxygen atoms in total. The van der Waals surface area contributed by atoms with Gasteiger partial charge in [0.1, 0.15) is 0 Å². The second-order valence-corrected chi connectivity index (χ2v) is 7.46. The van der Waals surface area contributed by atoms with Gasteiger partial charge < -0.3 is 10.2 Å². The van der Waals surface area contributed by atoms with Crippen molar-refractivity contribution in [2.45, 2.75) is 32.6 Å². The Kier molecular flexibility index (Phi) is 7.19. The van der Waals surface area contributed by atoms with E-state index in [0.29, 0.717) is 17.1 Å². The number of piperidine rings is 1. The number of benzene rings is 1. The molecule has 1 heterocycles. The van der Waals surface area contributed by atoms with E-state index in [2.05, 4.69) is 33.1 Å². The predicted octanol–water partition coefficient (Wildman–Crippen LogP) is 4.34. The summed E-state index contributed by atoms with van der Waals surface area (Å²) in [5, 5.41) is 3.44. The zero-order valence-corrected chi connectivity index (χ0v) is 15.4. The SMILES string of the molecule is CC1CCCN(CCCCNC(=O)c2cc(Br)ccc2Cl)C1. The van der Waals surface area contributed by atoms with Crippen LogP contribution in [-0.4, -0.2) is 37.0 Å². The maximum atomic E-state index is 12.1. The highest BCUT2D eigenvalue weighted by molar-refractivity contribution is 9.10. The van der Waals surface area contributed by atoms with E-state index in [4.69, 9.17) is 11.6 Å². The molecule has 5 heteroatoms. The minimum atomic E-state index is -0.0992. The lowest BCUT2D eigenvalue weighted by Crippen LogP contribution is -2.35. The van der Waals surface area contributed by atoms with Crippen LogP contribution in [0.1, 0.15) is 43.0 Å². The van der Waals surface area contributed by atoms with Crippen molar-refractivity contribution in [3.8, 4) is 0 Å². The van der Waals surface area contributed by atoms with Crippen molar-refractivity contribution in [1.29, 1.82) is 0 Å². The summed E-state index contributed by atoms with van der Waals surface area (Å²) in [6.45, 7) is 6.61. The minimum Gasteiger partial charge on any atom is -0.352 e. The number of unbranched alkanes of at least 4 members (excludes halogenated alkanes) is 1. The van der Waals surface area contributed by atoms with Gasteiger partial charge in [-0.1, -0.05) is 34.5 Å². The molecule has 0 aromatic heterocycles. The van der Waals surface area contributed by atoms with Crippen molar-refractivity contribution in [3.05, 3.63) is 33.3 Å². The Morgan fingerprint density at radius 3 is 3.05 bits per heavy atom. The van der Waals surface area contributed by atoms with Gasteiger partial charge in [-0.2, -0.15) is 0 Å². The number of carbonyl (C=O) groups is 1. The fourth-order valence-electron chi connectivity index (χ4n) is 2.92. The fraction of sp³-hybridized carbons (Fsp3) is 0.588. The maximum Gasteiger partial charge on any atom is 0.252 e. The monoisotopic (exact) mass is 386 g/mol. The average Bonchev–Trinajstić information content (AvgIpc) is 2.49. The standard InChI is InChI=1S/C17H24BrClN2O/c1-13-5-4-10-21(12-13)9-3-2-8-20-17(22)15-11-14(18)6-7-16(15)19/h6-7,11,13H,2-5,8-10,12H2,1H3,(H,20,22). The topological polar surface area (TPSA) is 32.3 Å². The van der Waals surface area contributed by atoms with Crippen LogP contribution in [0.5, 0.6) is 0 Å². The molecule has 0 saturated carbocycles. The molecular formula is C17H24BrClN2O. The van der Waals surface area contributed by atoms with Crippen LogP contribution in [0.15, 0.2) is 22.7 Å². The van der Waals surface area contributed by atoms with Crippen molar-refractivity contribution < 1.29 is 4.79 Å². The minimum absolute atomic E-state index is 0.0992. The summed E-state index contributed by atoms with van der Waals surface area (Å²) in [6.07, 6.45) is 4.81. The molecule has 0 aliphatic carbocycles. The van der Waals surface area contributed by atoms with Crippen LogP contribution < -0.4 is 5.32 Å². The maximum absolute atomic E-state index is 12.1. The van der Waals surface area contributed by atoms with Crippen molar-refractivity contribution in [1.82, 2.24) is 10.2 Å². The number of carbonyl (C=O) groups excluding carboxylic acids is 1. The predicted molar refractivity (Wildman–Crippen MR) is 95.6 cm³/mol. The number of nitrogens with one attached hydrogen (secondary N) is 1. The molecule has 0 spiro atoms. The Bertz CT molecular complexity index is 509. The zero-order chi connectivity index (χ0) is 15.9. The lowest BCUT2D eigenvalue weighted by atomic mass is 10.0. The van der Waals surface area contributed by atoms with Crippen LogP contribution in [0.25, 0.3) is 0 Å². The molecule has 1 aromatic carbocycles. The van der Waals surface area contributed by atoms with E-state index in [1.165, 1.54) is 25.9 Å². The van der Waals surface area contributed by atoms with Crippen molar-refractivity contribution in [2.75, 3.05) is 26.2 Å². The molecule has 1 aromatic rings. The molecule has 0 radical (unpaired) electrons. The van der Waals surface area contributed by atoms with E-state index in [-0.39, 0.29) is 5.91 Å². The third-order valence-corrected chi connectivity index (χ3v) is 4.92. The largest absolute Gasteiger partial charge is 0.352 e. The van der Waals surface area contributed by atoms with E-state index >= 15 is 0 Å². The van der Waals surface area contributed by atoms with E-state index in [1.54, 1.807) is 12.1 Å². The highest BCUT2D eigenvalue weighted by Gasteiger charge is 2.15. The van der Waals surface area contributed by atoms with E-state index in [1.807, 2.05) is 6.07 Å². The third-order valence-electron chi connectivity index (χ3n) is 4.10. The lowest BCUT2D eigenvalue weighted by molar-refractivity contribution is 0.0952. The van der Waals surface area contributed by atoms with Crippen LogP contribution >= 0.6 is 27.5 Å². The summed E-state index contributed by atoms with van der Waals surface area (Å²) in [5.74, 6) is 0.727. The summed E-state index contributed by atoms with van der Waals surface area (Å²) < 4.78 is 0.862. The first-order chi connectivity index (χ1) is 10.6. The van der Waals surface area contributed by atoms with Gasteiger partial charge in [-0.15, -0.1) is 0 Å². The highest BCUT2D eigenvalue weighted by atomic mass is 79.9. The number of nitrogens with zero attached hydrogens (tertiary/aromatic N) is 1. The fourth-order valence-corrected chi connectivity index (χ4v) is 3.48. The van der Waals surface area contributed by atoms with Crippen LogP contribution in [0.4, 0.5) is 0 Å². The first-order valence-corrected chi connectivity index (χ1v) is 9.19. The number of rotatable bonds is 6. The van der Waals surface area contributed by atoms with Crippen molar-refractivity contribution in [2.24, 2.45) is 5.92 Å². The van der Waals surface area contributed by atoms with Gasteiger partial charge in [-0.25, -0.2) is 0 Å². The Balaban J connectivity index is 1.66. The normalized spacial score (nSPS) is 19.1. The summed E-state index contributed by atoms with van der Waals surface area (Å²) >= 11 is 9.42. The number of halogens is 2. The smallest absolute Gasteiger partial charge is 0.252 e. The first-order valence-electron chi connectivity index (χ1n) is 8.02. The van der Waals surface area contributed by atoms with E-state index < -0.39 is 0 Å². The number of amides is 1. The Labute approximate surface area is 146 Å². The summed E-state index contributed by atoms with van der Waals surface area (Å²) in [6, 6.07) is 5.32. The molecule has 1 aliphatic rings. The van der Waals surface area contributed by atoms with Gasteiger partial charge >= 0.3 is 0 Å². The van der Waals surface area contributed by atoms with Crippen LogP contribution in [-0.2, 0) is 0 Å². The van der Waals surface area contributed by atoms with Gasteiger partial charge in [-0.05, 0) is 62.9 Å². The second kappa shape index (κ2) is 8.90. The number of hydrogen-bond acceptors (Lipinski definition) is 2. The molecule has 122 valence electrons. The summed E-state index contributed by atoms with van der Waals surface area (Å²) in [7, 11) is 0. The summed E-state index contributed by atoms with van der Waals surface area (Å²) in [5.41, 5.74) is 0.529. The second-order valence-electron chi connectivity index (χ2n) is 6.14. The third kappa shape index (κ3) is 5.56. The average molecular weight is 388 g/mol. The Morgan fingerprint density at radius 1 is 1.45 bits per heavy atom. The molecule has 1 unspecified atom stereocenters. The summed E-state index contributed by atoms with van der Waals surface area (Å²) in [4.78, 5) is 14.6. The molecule has 2 rings (SSSR count). The van der Waals surface area contributed by atoms with Gasteiger partial charge in [0.2, 0.25) is 0 Å². The van der Waals surface area contributed by atoms with E-state index in [9.17, 15) is 4.79 Å². The highest BCUT2D eigenvalue weighted by Crippen LogP contribution is 2.21. The zero-order valence-electron chi connectivity index (χ0n) is 13.1. The van der Waals surface area contributed by atoms with Gasteiger partial charge in [0.15, 0.2) is 0 Å². The number of hydrogen-bond donors (Lipinski definition) is 1. The quantitative estimate of drug-likeness (QED) is 0.736. The first kappa shape index (κ1) is 17.8.